The molecule has 0 spiro atoms. The van der Waals surface area contributed by atoms with E-state index in [1.54, 1.807) is 0 Å². The number of likely N-dealkylation sites (tertiary alicyclic amines) is 1. The molecular formula is C17H16N2O2. The molecular weight excluding hydrogens is 264 g/mol. The largest absolute Gasteiger partial charge is 0.313 e. The molecule has 0 aromatic heterocycles. The number of carbonyl (C=O) groups excluding carboxylic acids is 2. The first kappa shape index (κ1) is 12.6. The standard InChI is InChI=1S/C17H16N2O2/c1-18-13-8-11-7-12(13)15-14(11)16(20)19(17(15)21)9-10-5-3-2-4-6-10/h2-6,11-15H,7-9H2/t11-,12+,13?,14-,15+/m0/s1. The molecule has 4 heteroatoms. The monoisotopic (exact) mass is 280 g/mol. The van der Waals surface area contributed by atoms with E-state index in [0.717, 1.165) is 18.4 Å². The third kappa shape index (κ3) is 1.67. The van der Waals surface area contributed by atoms with Gasteiger partial charge in [-0.1, -0.05) is 30.3 Å². The molecule has 1 unspecified atom stereocenters. The Labute approximate surface area is 123 Å². The van der Waals surface area contributed by atoms with Gasteiger partial charge in [0.1, 0.15) is 0 Å². The maximum Gasteiger partial charge on any atom is 0.234 e. The lowest BCUT2D eigenvalue weighted by molar-refractivity contribution is -0.141. The Kier molecular flexibility index (Phi) is 2.65. The number of hydrogen-bond acceptors (Lipinski definition) is 2. The Morgan fingerprint density at radius 3 is 2.52 bits per heavy atom. The van der Waals surface area contributed by atoms with E-state index in [2.05, 4.69) is 4.85 Å². The first-order chi connectivity index (χ1) is 10.2. The molecule has 1 aromatic rings. The third-order valence-corrected chi connectivity index (χ3v) is 5.42. The van der Waals surface area contributed by atoms with Gasteiger partial charge in [-0.05, 0) is 17.9 Å². The Hall–Kier alpha value is -2.15. The molecule has 1 aromatic carbocycles. The molecule has 1 aliphatic heterocycles. The van der Waals surface area contributed by atoms with E-state index in [1.807, 2.05) is 30.3 Å². The van der Waals surface area contributed by atoms with Gasteiger partial charge in [0.2, 0.25) is 17.9 Å². The minimum absolute atomic E-state index is 0.00946. The van der Waals surface area contributed by atoms with Crippen molar-refractivity contribution in [2.24, 2.45) is 23.7 Å². The van der Waals surface area contributed by atoms with E-state index in [9.17, 15) is 9.59 Å². The molecule has 3 fully saturated rings. The van der Waals surface area contributed by atoms with Gasteiger partial charge in [0.05, 0.1) is 18.4 Å². The predicted octanol–water partition coefficient (Wildman–Crippen LogP) is 2.12. The van der Waals surface area contributed by atoms with E-state index < -0.39 is 0 Å². The molecule has 5 atom stereocenters. The average molecular weight is 280 g/mol. The molecule has 1 saturated heterocycles. The molecule has 2 bridgehead atoms. The summed E-state index contributed by atoms with van der Waals surface area (Å²) in [6.45, 7) is 7.64. The van der Waals surface area contributed by atoms with E-state index in [1.165, 1.54) is 4.90 Å². The average Bonchev–Trinajstić information content (AvgIpc) is 3.15. The lowest BCUT2D eigenvalue weighted by Crippen LogP contribution is -2.33. The van der Waals surface area contributed by atoms with Crippen LogP contribution in [0.4, 0.5) is 0 Å². The molecule has 1 heterocycles. The molecule has 3 aliphatic rings. The summed E-state index contributed by atoms with van der Waals surface area (Å²) in [6, 6.07) is 9.58. The van der Waals surface area contributed by atoms with Crippen LogP contribution in [0, 0.1) is 30.2 Å². The highest BCUT2D eigenvalue weighted by atomic mass is 16.2. The summed E-state index contributed by atoms with van der Waals surface area (Å²) in [6.07, 6.45) is 1.69. The van der Waals surface area contributed by atoms with Crippen molar-refractivity contribution in [3.05, 3.63) is 47.3 Å². The maximum atomic E-state index is 12.7. The first-order valence-corrected chi connectivity index (χ1v) is 7.46. The molecule has 0 radical (unpaired) electrons. The zero-order chi connectivity index (χ0) is 14.6. The minimum Gasteiger partial charge on any atom is -0.313 e. The van der Waals surface area contributed by atoms with Gasteiger partial charge in [0.25, 0.3) is 0 Å². The lowest BCUT2D eigenvalue weighted by Gasteiger charge is -2.20. The molecule has 2 saturated carbocycles. The minimum atomic E-state index is -0.223. The van der Waals surface area contributed by atoms with Crippen LogP contribution in [0.2, 0.25) is 0 Å². The number of imide groups is 1. The van der Waals surface area contributed by atoms with Gasteiger partial charge in [0.15, 0.2) is 0 Å². The Morgan fingerprint density at radius 1 is 1.10 bits per heavy atom. The van der Waals surface area contributed by atoms with Crippen LogP contribution in [0.3, 0.4) is 0 Å². The summed E-state index contributed by atoms with van der Waals surface area (Å²) in [5.74, 6) is -0.0752. The van der Waals surface area contributed by atoms with Gasteiger partial charge in [0, 0.05) is 12.3 Å². The summed E-state index contributed by atoms with van der Waals surface area (Å²) in [5, 5.41) is 0. The molecule has 21 heavy (non-hydrogen) atoms. The first-order valence-electron chi connectivity index (χ1n) is 7.46. The van der Waals surface area contributed by atoms with E-state index >= 15 is 0 Å². The van der Waals surface area contributed by atoms with Gasteiger partial charge < -0.3 is 4.85 Å². The van der Waals surface area contributed by atoms with Gasteiger partial charge >= 0.3 is 0 Å². The molecule has 2 amide bonds. The van der Waals surface area contributed by atoms with Crippen molar-refractivity contribution in [3.8, 4) is 0 Å². The maximum absolute atomic E-state index is 12.7. The number of amides is 2. The summed E-state index contributed by atoms with van der Waals surface area (Å²) in [5.41, 5.74) is 0.980. The molecule has 106 valence electrons. The summed E-state index contributed by atoms with van der Waals surface area (Å²) >= 11 is 0. The lowest BCUT2D eigenvalue weighted by atomic mass is 9.79. The van der Waals surface area contributed by atoms with Crippen LogP contribution in [0.15, 0.2) is 30.3 Å². The van der Waals surface area contributed by atoms with Crippen molar-refractivity contribution in [2.75, 3.05) is 0 Å². The van der Waals surface area contributed by atoms with E-state index in [-0.39, 0.29) is 41.5 Å². The summed E-state index contributed by atoms with van der Waals surface area (Å²) in [7, 11) is 0. The summed E-state index contributed by atoms with van der Waals surface area (Å²) < 4.78 is 0. The van der Waals surface area contributed by atoms with Crippen LogP contribution in [0.25, 0.3) is 4.85 Å². The van der Waals surface area contributed by atoms with Gasteiger partial charge in [-0.3, -0.25) is 14.5 Å². The fourth-order valence-electron chi connectivity index (χ4n) is 4.56. The van der Waals surface area contributed by atoms with Gasteiger partial charge in [-0.15, -0.1) is 0 Å². The molecule has 4 nitrogen and oxygen atoms in total. The molecule has 4 rings (SSSR count). The highest BCUT2D eigenvalue weighted by molar-refractivity contribution is 6.06. The highest BCUT2D eigenvalue weighted by Crippen LogP contribution is 2.57. The second-order valence-corrected chi connectivity index (χ2v) is 6.39. The number of nitrogens with zero attached hydrogens (tertiary/aromatic N) is 2. The zero-order valence-electron chi connectivity index (χ0n) is 11.6. The molecule has 2 aliphatic carbocycles. The van der Waals surface area contributed by atoms with Crippen molar-refractivity contribution in [1.82, 2.24) is 4.90 Å². The number of benzene rings is 1. The second-order valence-electron chi connectivity index (χ2n) is 6.39. The number of rotatable bonds is 2. The van der Waals surface area contributed by atoms with Crippen LogP contribution in [-0.2, 0) is 16.1 Å². The van der Waals surface area contributed by atoms with Crippen molar-refractivity contribution >= 4 is 11.8 Å². The van der Waals surface area contributed by atoms with E-state index in [4.69, 9.17) is 6.57 Å². The Balaban J connectivity index is 1.61. The quantitative estimate of drug-likeness (QED) is 0.615. The normalized spacial score (nSPS) is 36.9. The molecule has 0 N–H and O–H groups in total. The highest BCUT2D eigenvalue weighted by Gasteiger charge is 2.66. The van der Waals surface area contributed by atoms with Crippen LogP contribution in [0.1, 0.15) is 18.4 Å². The van der Waals surface area contributed by atoms with Crippen molar-refractivity contribution < 1.29 is 9.59 Å². The van der Waals surface area contributed by atoms with Crippen LogP contribution in [0.5, 0.6) is 0 Å². The Bertz CT molecular complexity index is 649. The van der Waals surface area contributed by atoms with Crippen molar-refractivity contribution in [1.29, 1.82) is 0 Å². The number of fused-ring (bicyclic) bond motifs is 5. The smallest absolute Gasteiger partial charge is 0.234 e. The number of hydrogen-bond donors (Lipinski definition) is 0. The van der Waals surface area contributed by atoms with Crippen molar-refractivity contribution in [2.45, 2.75) is 25.4 Å². The fourth-order valence-corrected chi connectivity index (χ4v) is 4.56. The van der Waals surface area contributed by atoms with E-state index in [0.29, 0.717) is 6.54 Å². The van der Waals surface area contributed by atoms with Crippen LogP contribution < -0.4 is 0 Å². The van der Waals surface area contributed by atoms with Gasteiger partial charge in [-0.2, -0.15) is 0 Å². The topological polar surface area (TPSA) is 41.7 Å². The fraction of sp³-hybridized carbons (Fsp3) is 0.471. The SMILES string of the molecule is [C-]#[N+]C1C[C@@H]2C[C@H]1[C@H]1C(=O)N(Cc3ccccc3)C(=O)[C@@H]21. The Morgan fingerprint density at radius 2 is 1.81 bits per heavy atom. The second kappa shape index (κ2) is 4.42. The zero-order valence-corrected chi connectivity index (χ0v) is 11.6. The van der Waals surface area contributed by atoms with Gasteiger partial charge in [-0.25, -0.2) is 6.57 Å². The predicted molar refractivity (Wildman–Crippen MR) is 75.6 cm³/mol. The van der Waals surface area contributed by atoms with Crippen LogP contribution >= 0.6 is 0 Å². The summed E-state index contributed by atoms with van der Waals surface area (Å²) in [4.78, 5) is 30.4. The third-order valence-electron chi connectivity index (χ3n) is 5.42. The number of carbonyl (C=O) groups is 2. The van der Waals surface area contributed by atoms with Crippen LogP contribution in [-0.4, -0.2) is 22.8 Å². The van der Waals surface area contributed by atoms with Crippen molar-refractivity contribution in [3.63, 3.8) is 0 Å².